The molecule has 0 heterocycles. The van der Waals surface area contributed by atoms with Gasteiger partial charge in [-0.2, -0.15) is 0 Å². The first-order valence-corrected chi connectivity index (χ1v) is 5.28. The van der Waals surface area contributed by atoms with Crippen LogP contribution in [0, 0.1) is 17.3 Å². The minimum Gasteiger partial charge on any atom is -0.326 e. The molecule has 0 aliphatic carbocycles. The Kier molecular flexibility index (Phi) is 3.73. The van der Waals surface area contributed by atoms with Crippen molar-refractivity contribution in [3.8, 4) is 11.8 Å². The van der Waals surface area contributed by atoms with Gasteiger partial charge >= 0.3 is 0 Å². The molecule has 1 N–H and O–H groups in total. The Morgan fingerprint density at radius 3 is 2.56 bits per heavy atom. The van der Waals surface area contributed by atoms with Crippen LogP contribution in [0.25, 0.3) is 0 Å². The summed E-state index contributed by atoms with van der Waals surface area (Å²) in [6, 6.07) is 7.55. The fraction of sp³-hybridized carbons (Fsp3) is 0.357. The molecule has 0 aromatic heterocycles. The summed E-state index contributed by atoms with van der Waals surface area (Å²) in [7, 11) is 0. The summed E-state index contributed by atoms with van der Waals surface area (Å²) in [6.07, 6.45) is 0. The first-order chi connectivity index (χ1) is 7.43. The predicted octanol–water partition coefficient (Wildman–Crippen LogP) is 3.04. The van der Waals surface area contributed by atoms with Crippen molar-refractivity contribution in [1.29, 1.82) is 0 Å². The van der Waals surface area contributed by atoms with Crippen molar-refractivity contribution in [3.63, 3.8) is 0 Å². The van der Waals surface area contributed by atoms with Gasteiger partial charge < -0.3 is 5.32 Å². The highest BCUT2D eigenvalue weighted by Crippen LogP contribution is 2.17. The fourth-order valence-electron chi connectivity index (χ4n) is 1.14. The SMILES string of the molecule is CC#Cc1cccc(NC(=O)C(C)(C)C)c1. The van der Waals surface area contributed by atoms with Crippen molar-refractivity contribution in [3.05, 3.63) is 29.8 Å². The van der Waals surface area contributed by atoms with Crippen molar-refractivity contribution < 1.29 is 4.79 Å². The van der Waals surface area contributed by atoms with Crippen LogP contribution in [0.4, 0.5) is 5.69 Å². The standard InChI is InChI=1S/C14H17NO/c1-5-7-11-8-6-9-12(10-11)15-13(16)14(2,3)4/h6,8-10H,1-4H3,(H,15,16). The number of hydrogen-bond donors (Lipinski definition) is 1. The third-order valence-electron chi connectivity index (χ3n) is 2.07. The van der Waals surface area contributed by atoms with Crippen molar-refractivity contribution in [2.24, 2.45) is 5.41 Å². The molecule has 1 amide bonds. The summed E-state index contributed by atoms with van der Waals surface area (Å²) in [5.74, 6) is 5.80. The van der Waals surface area contributed by atoms with Crippen LogP contribution in [0.15, 0.2) is 24.3 Å². The molecule has 2 heteroatoms. The Morgan fingerprint density at radius 2 is 2.00 bits per heavy atom. The lowest BCUT2D eigenvalue weighted by Gasteiger charge is -2.17. The van der Waals surface area contributed by atoms with Gasteiger partial charge in [-0.15, -0.1) is 5.92 Å². The van der Waals surface area contributed by atoms with E-state index in [2.05, 4.69) is 17.2 Å². The van der Waals surface area contributed by atoms with Crippen LogP contribution in [0.5, 0.6) is 0 Å². The van der Waals surface area contributed by atoms with Crippen LogP contribution in [-0.2, 0) is 4.79 Å². The number of nitrogens with one attached hydrogen (secondary N) is 1. The molecule has 0 aliphatic rings. The average molecular weight is 215 g/mol. The fourth-order valence-corrected chi connectivity index (χ4v) is 1.14. The largest absolute Gasteiger partial charge is 0.326 e. The molecule has 0 saturated carbocycles. The molecule has 0 radical (unpaired) electrons. The van der Waals surface area contributed by atoms with Gasteiger partial charge in [-0.1, -0.05) is 32.8 Å². The lowest BCUT2D eigenvalue weighted by molar-refractivity contribution is -0.123. The maximum Gasteiger partial charge on any atom is 0.229 e. The summed E-state index contributed by atoms with van der Waals surface area (Å²) >= 11 is 0. The molecule has 0 saturated heterocycles. The molecule has 0 aliphatic heterocycles. The zero-order valence-corrected chi connectivity index (χ0v) is 10.2. The van der Waals surface area contributed by atoms with Crippen LogP contribution in [0.1, 0.15) is 33.3 Å². The van der Waals surface area contributed by atoms with E-state index in [0.717, 1.165) is 11.3 Å². The molecule has 84 valence electrons. The quantitative estimate of drug-likeness (QED) is 0.717. The smallest absolute Gasteiger partial charge is 0.229 e. The molecule has 0 fully saturated rings. The molecular weight excluding hydrogens is 198 g/mol. The zero-order valence-electron chi connectivity index (χ0n) is 10.2. The van der Waals surface area contributed by atoms with Crippen molar-refractivity contribution >= 4 is 11.6 Å². The summed E-state index contributed by atoms with van der Waals surface area (Å²) in [5, 5.41) is 2.87. The van der Waals surface area contributed by atoms with Gasteiger partial charge in [-0.3, -0.25) is 4.79 Å². The van der Waals surface area contributed by atoms with Crippen LogP contribution in [0.2, 0.25) is 0 Å². The summed E-state index contributed by atoms with van der Waals surface area (Å²) in [6.45, 7) is 7.45. The van der Waals surface area contributed by atoms with E-state index in [1.807, 2.05) is 45.0 Å². The molecule has 2 nitrogen and oxygen atoms in total. The number of anilines is 1. The molecule has 0 bridgehead atoms. The van der Waals surface area contributed by atoms with E-state index >= 15 is 0 Å². The summed E-state index contributed by atoms with van der Waals surface area (Å²) in [5.41, 5.74) is 1.32. The Hall–Kier alpha value is -1.75. The normalized spacial score (nSPS) is 10.2. The van der Waals surface area contributed by atoms with Crippen LogP contribution in [-0.4, -0.2) is 5.91 Å². The van der Waals surface area contributed by atoms with Crippen molar-refractivity contribution in [1.82, 2.24) is 0 Å². The molecule has 1 aromatic rings. The molecule has 0 unspecified atom stereocenters. The monoisotopic (exact) mass is 215 g/mol. The second kappa shape index (κ2) is 4.85. The number of carbonyl (C=O) groups is 1. The highest BCUT2D eigenvalue weighted by atomic mass is 16.2. The van der Waals surface area contributed by atoms with Crippen LogP contribution in [0.3, 0.4) is 0 Å². The number of carbonyl (C=O) groups excluding carboxylic acids is 1. The first-order valence-electron chi connectivity index (χ1n) is 5.28. The molecule has 0 spiro atoms. The van der Waals surface area contributed by atoms with Gasteiger partial charge in [0.2, 0.25) is 5.91 Å². The van der Waals surface area contributed by atoms with Gasteiger partial charge in [-0.05, 0) is 25.1 Å². The Bertz CT molecular complexity index is 444. The minimum absolute atomic E-state index is 0.00843. The molecule has 0 atom stereocenters. The summed E-state index contributed by atoms with van der Waals surface area (Å²) in [4.78, 5) is 11.8. The Morgan fingerprint density at radius 1 is 1.31 bits per heavy atom. The van der Waals surface area contributed by atoms with E-state index in [4.69, 9.17) is 0 Å². The number of benzene rings is 1. The molecule has 1 rings (SSSR count). The van der Waals surface area contributed by atoms with E-state index in [-0.39, 0.29) is 11.3 Å². The Labute approximate surface area is 97.1 Å². The van der Waals surface area contributed by atoms with Gasteiger partial charge in [-0.25, -0.2) is 0 Å². The van der Waals surface area contributed by atoms with Crippen molar-refractivity contribution in [2.45, 2.75) is 27.7 Å². The number of amides is 1. The van der Waals surface area contributed by atoms with E-state index in [0.29, 0.717) is 0 Å². The third kappa shape index (κ3) is 3.43. The topological polar surface area (TPSA) is 29.1 Å². The minimum atomic E-state index is -0.383. The maximum absolute atomic E-state index is 11.8. The second-order valence-electron chi connectivity index (χ2n) is 4.66. The number of rotatable bonds is 1. The zero-order chi connectivity index (χ0) is 12.2. The van der Waals surface area contributed by atoms with Gasteiger partial charge in [0, 0.05) is 16.7 Å². The van der Waals surface area contributed by atoms with E-state index in [1.54, 1.807) is 6.92 Å². The third-order valence-corrected chi connectivity index (χ3v) is 2.07. The first kappa shape index (κ1) is 12.3. The molecule has 16 heavy (non-hydrogen) atoms. The summed E-state index contributed by atoms with van der Waals surface area (Å²) < 4.78 is 0. The highest BCUT2D eigenvalue weighted by Gasteiger charge is 2.20. The molecule has 1 aromatic carbocycles. The number of hydrogen-bond acceptors (Lipinski definition) is 1. The van der Waals surface area contributed by atoms with Gasteiger partial charge in [0.15, 0.2) is 0 Å². The van der Waals surface area contributed by atoms with E-state index < -0.39 is 0 Å². The van der Waals surface area contributed by atoms with E-state index in [1.165, 1.54) is 0 Å². The average Bonchev–Trinajstić information content (AvgIpc) is 2.17. The lowest BCUT2D eigenvalue weighted by atomic mass is 9.95. The predicted molar refractivity (Wildman–Crippen MR) is 67.1 cm³/mol. The van der Waals surface area contributed by atoms with Crippen LogP contribution < -0.4 is 5.32 Å². The van der Waals surface area contributed by atoms with Gasteiger partial charge in [0.1, 0.15) is 0 Å². The highest BCUT2D eigenvalue weighted by molar-refractivity contribution is 5.94. The molecular formula is C14H17NO. The second-order valence-corrected chi connectivity index (χ2v) is 4.66. The maximum atomic E-state index is 11.8. The van der Waals surface area contributed by atoms with Gasteiger partial charge in [0.25, 0.3) is 0 Å². The van der Waals surface area contributed by atoms with Crippen molar-refractivity contribution in [2.75, 3.05) is 5.32 Å². The lowest BCUT2D eigenvalue weighted by Crippen LogP contribution is -2.27. The Balaban J connectivity index is 2.85. The van der Waals surface area contributed by atoms with Crippen LogP contribution >= 0.6 is 0 Å². The van der Waals surface area contributed by atoms with Gasteiger partial charge in [0.05, 0.1) is 0 Å². The van der Waals surface area contributed by atoms with E-state index in [9.17, 15) is 4.79 Å².